The summed E-state index contributed by atoms with van der Waals surface area (Å²) in [5, 5.41) is 1.48. The molecule has 1 aliphatic rings. The fourth-order valence-electron chi connectivity index (χ4n) is 2.16. The van der Waals surface area contributed by atoms with Crippen molar-refractivity contribution in [3.63, 3.8) is 0 Å². The van der Waals surface area contributed by atoms with Crippen LogP contribution in [0.1, 0.15) is 24.2 Å². The minimum Gasteiger partial charge on any atom is -0.293 e. The summed E-state index contributed by atoms with van der Waals surface area (Å²) in [6.07, 6.45) is 0. The third-order valence-electron chi connectivity index (χ3n) is 3.60. The average molecular weight is 318 g/mol. The van der Waals surface area contributed by atoms with Gasteiger partial charge in [-0.1, -0.05) is 30.1 Å². The van der Waals surface area contributed by atoms with E-state index in [1.54, 1.807) is 18.2 Å². The Morgan fingerprint density at radius 2 is 2.11 bits per heavy atom. The fraction of sp³-hybridized carbons (Fsp3) is 0.500. The van der Waals surface area contributed by atoms with Gasteiger partial charge in [0.05, 0.1) is 16.6 Å². The molecule has 2 unspecified atom stereocenters. The lowest BCUT2D eigenvalue weighted by Gasteiger charge is -2.36. The number of halogens is 2. The number of carbonyl (C=O) groups is 1. The number of rotatable bonds is 3. The SMILES string of the molecule is CC1SCCN(CC(=O)c2ccc(Cl)c(Cl)c2)C1C. The van der Waals surface area contributed by atoms with Crippen LogP contribution in [0.15, 0.2) is 18.2 Å². The zero-order chi connectivity index (χ0) is 14.0. The van der Waals surface area contributed by atoms with E-state index in [2.05, 4.69) is 18.7 Å². The number of Topliss-reactive ketones (excluding diaryl/α,β-unsaturated/α-hetero) is 1. The molecule has 1 heterocycles. The highest BCUT2D eigenvalue weighted by Gasteiger charge is 2.26. The normalized spacial score (nSPS) is 24.4. The number of hydrogen-bond donors (Lipinski definition) is 0. The molecule has 0 aliphatic carbocycles. The van der Waals surface area contributed by atoms with Gasteiger partial charge in [0.15, 0.2) is 5.78 Å². The van der Waals surface area contributed by atoms with Gasteiger partial charge in [-0.3, -0.25) is 9.69 Å². The van der Waals surface area contributed by atoms with Gasteiger partial charge in [0, 0.05) is 29.2 Å². The first kappa shape index (κ1) is 15.2. The zero-order valence-corrected chi connectivity index (χ0v) is 13.4. The van der Waals surface area contributed by atoms with Crippen molar-refractivity contribution in [1.82, 2.24) is 4.90 Å². The summed E-state index contributed by atoms with van der Waals surface area (Å²) in [4.78, 5) is 14.5. The molecule has 1 aromatic rings. The predicted molar refractivity (Wildman–Crippen MR) is 83.7 cm³/mol. The first-order chi connectivity index (χ1) is 8.99. The zero-order valence-electron chi connectivity index (χ0n) is 11.0. The monoisotopic (exact) mass is 317 g/mol. The highest BCUT2D eigenvalue weighted by atomic mass is 35.5. The molecule has 0 bridgehead atoms. The largest absolute Gasteiger partial charge is 0.293 e. The Morgan fingerprint density at radius 1 is 1.37 bits per heavy atom. The van der Waals surface area contributed by atoms with Gasteiger partial charge >= 0.3 is 0 Å². The van der Waals surface area contributed by atoms with Crippen LogP contribution in [0, 0.1) is 0 Å². The number of nitrogens with zero attached hydrogens (tertiary/aromatic N) is 1. The number of thioether (sulfide) groups is 1. The van der Waals surface area contributed by atoms with Crippen LogP contribution in [-0.4, -0.2) is 40.8 Å². The van der Waals surface area contributed by atoms with Gasteiger partial charge in [-0.15, -0.1) is 0 Å². The van der Waals surface area contributed by atoms with E-state index < -0.39 is 0 Å². The minimum atomic E-state index is 0.101. The van der Waals surface area contributed by atoms with Crippen molar-refractivity contribution in [3.05, 3.63) is 33.8 Å². The molecule has 0 saturated carbocycles. The van der Waals surface area contributed by atoms with Gasteiger partial charge in [-0.2, -0.15) is 11.8 Å². The summed E-state index contributed by atoms with van der Waals surface area (Å²) in [5.41, 5.74) is 0.632. The van der Waals surface area contributed by atoms with E-state index in [1.807, 2.05) is 11.8 Å². The maximum atomic E-state index is 12.3. The topological polar surface area (TPSA) is 20.3 Å². The molecule has 19 heavy (non-hydrogen) atoms. The van der Waals surface area contributed by atoms with E-state index >= 15 is 0 Å². The van der Waals surface area contributed by atoms with Crippen molar-refractivity contribution in [1.29, 1.82) is 0 Å². The van der Waals surface area contributed by atoms with Gasteiger partial charge in [0.2, 0.25) is 0 Å². The van der Waals surface area contributed by atoms with Crippen LogP contribution in [0.25, 0.3) is 0 Å². The Balaban J connectivity index is 2.06. The maximum absolute atomic E-state index is 12.3. The molecule has 1 fully saturated rings. The molecular weight excluding hydrogens is 301 g/mol. The fourth-order valence-corrected chi connectivity index (χ4v) is 3.62. The summed E-state index contributed by atoms with van der Waals surface area (Å²) in [7, 11) is 0. The quantitative estimate of drug-likeness (QED) is 0.786. The van der Waals surface area contributed by atoms with Crippen LogP contribution in [0.5, 0.6) is 0 Å². The Labute approximate surface area is 128 Å². The van der Waals surface area contributed by atoms with Crippen molar-refractivity contribution in [2.45, 2.75) is 25.1 Å². The van der Waals surface area contributed by atoms with Gasteiger partial charge in [0.25, 0.3) is 0 Å². The second kappa shape index (κ2) is 6.49. The van der Waals surface area contributed by atoms with Crippen molar-refractivity contribution in [2.24, 2.45) is 0 Å². The molecule has 0 radical (unpaired) electrons. The first-order valence-electron chi connectivity index (χ1n) is 6.33. The maximum Gasteiger partial charge on any atom is 0.176 e. The molecule has 0 aromatic heterocycles. The standard InChI is InChI=1S/C14H17Cl2NOS/c1-9-10(2)19-6-5-17(9)8-14(18)11-3-4-12(15)13(16)7-11/h3-4,7,9-10H,5-6,8H2,1-2H3. The molecule has 0 amide bonds. The van der Waals surface area contributed by atoms with E-state index in [-0.39, 0.29) is 5.78 Å². The van der Waals surface area contributed by atoms with Crippen molar-refractivity contribution in [3.8, 4) is 0 Å². The predicted octanol–water partition coefficient (Wildman–Crippen LogP) is 4.00. The smallest absolute Gasteiger partial charge is 0.176 e. The highest BCUT2D eigenvalue weighted by Crippen LogP contribution is 2.26. The van der Waals surface area contributed by atoms with E-state index in [1.165, 1.54) is 0 Å². The van der Waals surface area contributed by atoms with Crippen LogP contribution in [0.3, 0.4) is 0 Å². The average Bonchev–Trinajstić information content (AvgIpc) is 2.38. The van der Waals surface area contributed by atoms with Crippen LogP contribution in [0.4, 0.5) is 0 Å². The Kier molecular flexibility index (Phi) is 5.18. The van der Waals surface area contributed by atoms with Gasteiger partial charge in [-0.25, -0.2) is 0 Å². The van der Waals surface area contributed by atoms with Gasteiger partial charge in [-0.05, 0) is 25.1 Å². The van der Waals surface area contributed by atoms with Crippen molar-refractivity contribution < 1.29 is 4.79 Å². The van der Waals surface area contributed by atoms with Crippen molar-refractivity contribution in [2.75, 3.05) is 18.8 Å². The number of carbonyl (C=O) groups excluding carboxylic acids is 1. The summed E-state index contributed by atoms with van der Waals surface area (Å²) in [6, 6.07) is 5.49. The number of ketones is 1. The molecule has 0 N–H and O–H groups in total. The third kappa shape index (κ3) is 3.66. The molecule has 0 spiro atoms. The van der Waals surface area contributed by atoms with E-state index in [0.29, 0.717) is 33.4 Å². The molecule has 104 valence electrons. The van der Waals surface area contributed by atoms with Crippen LogP contribution in [0.2, 0.25) is 10.0 Å². The molecule has 1 saturated heterocycles. The summed E-state index contributed by atoms with van der Waals surface area (Å²) < 4.78 is 0. The molecule has 1 aromatic carbocycles. The van der Waals surface area contributed by atoms with Gasteiger partial charge < -0.3 is 0 Å². The van der Waals surface area contributed by atoms with Crippen molar-refractivity contribution >= 4 is 40.7 Å². The first-order valence-corrected chi connectivity index (χ1v) is 8.13. The summed E-state index contributed by atoms with van der Waals surface area (Å²) in [6.45, 7) is 5.80. The van der Waals surface area contributed by atoms with Gasteiger partial charge in [0.1, 0.15) is 0 Å². The molecule has 2 atom stereocenters. The lowest BCUT2D eigenvalue weighted by molar-refractivity contribution is 0.0902. The van der Waals surface area contributed by atoms with Crippen LogP contribution in [-0.2, 0) is 0 Å². The molecule has 2 nitrogen and oxygen atoms in total. The highest BCUT2D eigenvalue weighted by molar-refractivity contribution is 8.00. The third-order valence-corrected chi connectivity index (χ3v) is 5.68. The molecule has 1 aliphatic heterocycles. The lowest BCUT2D eigenvalue weighted by atomic mass is 10.1. The van der Waals surface area contributed by atoms with Crippen LogP contribution < -0.4 is 0 Å². The second-order valence-electron chi connectivity index (χ2n) is 4.84. The Morgan fingerprint density at radius 3 is 2.79 bits per heavy atom. The van der Waals surface area contributed by atoms with E-state index in [9.17, 15) is 4.79 Å². The summed E-state index contributed by atoms with van der Waals surface area (Å²) in [5.74, 6) is 1.18. The molecular formula is C14H17Cl2NOS. The molecule has 5 heteroatoms. The summed E-state index contributed by atoms with van der Waals surface area (Å²) >= 11 is 13.8. The Bertz CT molecular complexity index is 481. The second-order valence-corrected chi connectivity index (χ2v) is 7.14. The van der Waals surface area contributed by atoms with E-state index in [0.717, 1.165) is 12.3 Å². The minimum absolute atomic E-state index is 0.101. The number of benzene rings is 1. The lowest BCUT2D eigenvalue weighted by Crippen LogP contribution is -2.46. The number of hydrogen-bond acceptors (Lipinski definition) is 3. The Hall–Kier alpha value is -0.220. The molecule has 2 rings (SSSR count). The van der Waals surface area contributed by atoms with Crippen LogP contribution >= 0.6 is 35.0 Å². The van der Waals surface area contributed by atoms with E-state index in [4.69, 9.17) is 23.2 Å².